The number of benzene rings is 1. The van der Waals surface area contributed by atoms with Crippen molar-refractivity contribution in [2.45, 2.75) is 51.5 Å². The molecule has 0 spiro atoms. The van der Waals surface area contributed by atoms with Crippen LogP contribution in [0.15, 0.2) is 30.3 Å². The Bertz CT molecular complexity index is 387. The molecule has 1 amide bonds. The van der Waals surface area contributed by atoms with E-state index < -0.39 is 0 Å². The van der Waals surface area contributed by atoms with Gasteiger partial charge in [-0.25, -0.2) is 0 Å². The summed E-state index contributed by atoms with van der Waals surface area (Å²) in [5.74, 6) is 0.990. The Hall–Kier alpha value is -1.31. The Morgan fingerprint density at radius 2 is 2.06 bits per heavy atom. The molecule has 0 aromatic heterocycles. The predicted molar refractivity (Wildman–Crippen MR) is 74.4 cm³/mol. The minimum absolute atomic E-state index is 0.201. The van der Waals surface area contributed by atoms with Crippen LogP contribution in [-0.2, 0) is 4.79 Å². The molecule has 1 fully saturated rings. The van der Waals surface area contributed by atoms with E-state index in [9.17, 15) is 4.79 Å². The minimum atomic E-state index is 0.201. The van der Waals surface area contributed by atoms with Crippen LogP contribution in [0.4, 0.5) is 0 Å². The van der Waals surface area contributed by atoms with Crippen LogP contribution in [0, 0.1) is 5.92 Å². The van der Waals surface area contributed by atoms with E-state index >= 15 is 0 Å². The lowest BCUT2D eigenvalue weighted by molar-refractivity contribution is -0.125. The standard InChI is InChI=1S/C16H23NO/c1-3-8-12(4-2)16(18)17-15-11-14(15)13-9-6-5-7-10-13/h5-7,9-10,12,14-15H,3-4,8,11H2,1-2H3,(H,17,18)/t12?,14-,15+/m1/s1. The van der Waals surface area contributed by atoms with Crippen LogP contribution >= 0.6 is 0 Å². The molecule has 0 radical (unpaired) electrons. The number of nitrogens with one attached hydrogen (secondary N) is 1. The molecule has 1 N–H and O–H groups in total. The van der Waals surface area contributed by atoms with Crippen molar-refractivity contribution in [1.82, 2.24) is 5.32 Å². The smallest absolute Gasteiger partial charge is 0.223 e. The molecule has 3 atom stereocenters. The van der Waals surface area contributed by atoms with Crippen LogP contribution in [0.3, 0.4) is 0 Å². The highest BCUT2D eigenvalue weighted by molar-refractivity contribution is 5.79. The first-order chi connectivity index (χ1) is 8.76. The number of carbonyl (C=O) groups excluding carboxylic acids is 1. The molecule has 98 valence electrons. The van der Waals surface area contributed by atoms with E-state index in [2.05, 4.69) is 43.4 Å². The van der Waals surface area contributed by atoms with Crippen molar-refractivity contribution in [3.8, 4) is 0 Å². The van der Waals surface area contributed by atoms with Gasteiger partial charge in [-0.15, -0.1) is 0 Å². The van der Waals surface area contributed by atoms with Gasteiger partial charge in [0.05, 0.1) is 0 Å². The first-order valence-corrected chi connectivity index (χ1v) is 7.11. The average molecular weight is 245 g/mol. The van der Waals surface area contributed by atoms with Gasteiger partial charge < -0.3 is 5.32 Å². The average Bonchev–Trinajstić information content (AvgIpc) is 3.16. The van der Waals surface area contributed by atoms with Gasteiger partial charge in [0, 0.05) is 17.9 Å². The van der Waals surface area contributed by atoms with Crippen LogP contribution < -0.4 is 5.32 Å². The van der Waals surface area contributed by atoms with Crippen molar-refractivity contribution in [3.05, 3.63) is 35.9 Å². The molecule has 1 saturated carbocycles. The van der Waals surface area contributed by atoms with Crippen molar-refractivity contribution in [3.63, 3.8) is 0 Å². The number of hydrogen-bond donors (Lipinski definition) is 1. The summed E-state index contributed by atoms with van der Waals surface area (Å²) in [6.07, 6.45) is 4.13. The molecular weight excluding hydrogens is 222 g/mol. The Balaban J connectivity index is 1.84. The van der Waals surface area contributed by atoms with Crippen LogP contribution in [0.25, 0.3) is 0 Å². The Kier molecular flexibility index (Phi) is 4.40. The summed E-state index contributed by atoms with van der Waals surface area (Å²) >= 11 is 0. The monoisotopic (exact) mass is 245 g/mol. The summed E-state index contributed by atoms with van der Waals surface area (Å²) in [5, 5.41) is 3.20. The maximum atomic E-state index is 12.1. The third-order valence-electron chi connectivity index (χ3n) is 3.85. The normalized spacial score (nSPS) is 23.4. The van der Waals surface area contributed by atoms with Gasteiger partial charge in [-0.3, -0.25) is 4.79 Å². The molecular formula is C16H23NO. The zero-order valence-electron chi connectivity index (χ0n) is 11.4. The van der Waals surface area contributed by atoms with Gasteiger partial charge in [-0.2, -0.15) is 0 Å². The molecule has 0 saturated heterocycles. The lowest BCUT2D eigenvalue weighted by atomic mass is 10.00. The van der Waals surface area contributed by atoms with Crippen molar-refractivity contribution >= 4 is 5.91 Å². The van der Waals surface area contributed by atoms with Gasteiger partial charge in [-0.1, -0.05) is 50.6 Å². The van der Waals surface area contributed by atoms with Gasteiger partial charge in [0.15, 0.2) is 0 Å². The highest BCUT2D eigenvalue weighted by atomic mass is 16.2. The molecule has 1 unspecified atom stereocenters. The summed E-state index contributed by atoms with van der Waals surface area (Å²) < 4.78 is 0. The highest BCUT2D eigenvalue weighted by Crippen LogP contribution is 2.40. The molecule has 2 heteroatoms. The Morgan fingerprint density at radius 3 is 2.67 bits per heavy atom. The molecule has 2 rings (SSSR count). The van der Waals surface area contributed by atoms with Gasteiger partial charge in [0.2, 0.25) is 5.91 Å². The molecule has 0 heterocycles. The third-order valence-corrected chi connectivity index (χ3v) is 3.85. The topological polar surface area (TPSA) is 29.1 Å². The third kappa shape index (κ3) is 3.12. The van der Waals surface area contributed by atoms with Gasteiger partial charge >= 0.3 is 0 Å². The Labute approximate surface area is 110 Å². The second-order valence-corrected chi connectivity index (χ2v) is 5.26. The van der Waals surface area contributed by atoms with Crippen molar-refractivity contribution in [1.29, 1.82) is 0 Å². The molecule has 1 aromatic carbocycles. The number of rotatable bonds is 6. The van der Waals surface area contributed by atoms with E-state index in [0.717, 1.165) is 25.7 Å². The van der Waals surface area contributed by atoms with Crippen LogP contribution in [0.5, 0.6) is 0 Å². The quantitative estimate of drug-likeness (QED) is 0.816. The highest BCUT2D eigenvalue weighted by Gasteiger charge is 2.39. The molecule has 1 aliphatic rings. The van der Waals surface area contributed by atoms with E-state index in [0.29, 0.717) is 12.0 Å². The zero-order valence-corrected chi connectivity index (χ0v) is 11.4. The van der Waals surface area contributed by atoms with E-state index in [-0.39, 0.29) is 11.8 Å². The molecule has 2 nitrogen and oxygen atoms in total. The fourth-order valence-electron chi connectivity index (χ4n) is 2.59. The van der Waals surface area contributed by atoms with E-state index in [4.69, 9.17) is 0 Å². The van der Waals surface area contributed by atoms with E-state index in [1.54, 1.807) is 0 Å². The van der Waals surface area contributed by atoms with Gasteiger partial charge in [-0.05, 0) is 24.8 Å². The molecule has 0 bridgehead atoms. The first-order valence-electron chi connectivity index (χ1n) is 7.11. The lowest BCUT2D eigenvalue weighted by Crippen LogP contribution is -2.32. The number of amides is 1. The maximum absolute atomic E-state index is 12.1. The largest absolute Gasteiger partial charge is 0.352 e. The number of hydrogen-bond acceptors (Lipinski definition) is 1. The van der Waals surface area contributed by atoms with E-state index in [1.165, 1.54) is 5.56 Å². The fraction of sp³-hybridized carbons (Fsp3) is 0.562. The van der Waals surface area contributed by atoms with Crippen molar-refractivity contribution in [2.24, 2.45) is 5.92 Å². The number of carbonyl (C=O) groups is 1. The summed E-state index contributed by atoms with van der Waals surface area (Å²) in [6.45, 7) is 4.24. The first kappa shape index (κ1) is 13.1. The second kappa shape index (κ2) is 6.03. The second-order valence-electron chi connectivity index (χ2n) is 5.26. The van der Waals surface area contributed by atoms with Crippen LogP contribution in [-0.4, -0.2) is 11.9 Å². The van der Waals surface area contributed by atoms with Crippen LogP contribution in [0.2, 0.25) is 0 Å². The Morgan fingerprint density at radius 1 is 1.33 bits per heavy atom. The van der Waals surface area contributed by atoms with Crippen LogP contribution in [0.1, 0.15) is 51.0 Å². The predicted octanol–water partition coefficient (Wildman–Crippen LogP) is 3.49. The summed E-state index contributed by atoms with van der Waals surface area (Å²) in [6, 6.07) is 10.8. The molecule has 18 heavy (non-hydrogen) atoms. The van der Waals surface area contributed by atoms with Crippen molar-refractivity contribution < 1.29 is 4.79 Å². The molecule has 1 aliphatic carbocycles. The summed E-state index contributed by atoms with van der Waals surface area (Å²) in [4.78, 5) is 12.1. The molecule has 1 aromatic rings. The molecule has 0 aliphatic heterocycles. The summed E-state index contributed by atoms with van der Waals surface area (Å²) in [5.41, 5.74) is 1.35. The lowest BCUT2D eigenvalue weighted by Gasteiger charge is -2.13. The minimum Gasteiger partial charge on any atom is -0.352 e. The van der Waals surface area contributed by atoms with E-state index in [1.807, 2.05) is 6.07 Å². The SMILES string of the molecule is CCCC(CC)C(=O)N[C@H]1C[C@@H]1c1ccccc1. The van der Waals surface area contributed by atoms with Gasteiger partial charge in [0.1, 0.15) is 0 Å². The maximum Gasteiger partial charge on any atom is 0.223 e. The fourth-order valence-corrected chi connectivity index (χ4v) is 2.59. The zero-order chi connectivity index (χ0) is 13.0. The summed E-state index contributed by atoms with van der Waals surface area (Å²) in [7, 11) is 0. The van der Waals surface area contributed by atoms with Crippen molar-refractivity contribution in [2.75, 3.05) is 0 Å². The van der Waals surface area contributed by atoms with Gasteiger partial charge in [0.25, 0.3) is 0 Å².